The monoisotopic (exact) mass is 363 g/mol. The number of rotatable bonds is 2. The van der Waals surface area contributed by atoms with Crippen LogP contribution in [0.25, 0.3) is 0 Å². The highest BCUT2D eigenvalue weighted by Gasteiger charge is 2.48. The third kappa shape index (κ3) is 3.06. The summed E-state index contributed by atoms with van der Waals surface area (Å²) >= 11 is 13.1. The first-order valence-electron chi connectivity index (χ1n) is 6.10. The van der Waals surface area contributed by atoms with E-state index in [4.69, 9.17) is 28.6 Å². The van der Waals surface area contributed by atoms with Crippen LogP contribution in [0.15, 0.2) is 23.3 Å². The first kappa shape index (κ1) is 15.1. The van der Waals surface area contributed by atoms with Crippen LogP contribution in [-0.2, 0) is 9.84 Å². The molecule has 0 bridgehead atoms. The van der Waals surface area contributed by atoms with Gasteiger partial charge in [-0.25, -0.2) is 13.4 Å². The predicted molar refractivity (Wildman–Crippen MR) is 87.4 cm³/mol. The number of hydrogen-bond acceptors (Lipinski definition) is 5. The van der Waals surface area contributed by atoms with E-state index in [1.54, 1.807) is 18.2 Å². The van der Waals surface area contributed by atoms with Gasteiger partial charge in [-0.15, -0.1) is 0 Å². The van der Waals surface area contributed by atoms with Crippen molar-refractivity contribution in [1.82, 2.24) is 5.01 Å². The van der Waals surface area contributed by atoms with Gasteiger partial charge in [0.2, 0.25) is 0 Å². The zero-order chi connectivity index (χ0) is 15.2. The highest BCUT2D eigenvalue weighted by Crippen LogP contribution is 2.37. The fourth-order valence-electron chi connectivity index (χ4n) is 2.35. The van der Waals surface area contributed by atoms with Crippen molar-refractivity contribution in [3.8, 4) is 0 Å². The molecular formula is C12H11Cl2N3O2S2. The van der Waals surface area contributed by atoms with E-state index in [9.17, 15) is 8.42 Å². The number of sulfone groups is 1. The molecule has 2 saturated heterocycles. The molecule has 2 aliphatic heterocycles. The first-order valence-corrected chi connectivity index (χ1v) is 9.55. The van der Waals surface area contributed by atoms with E-state index in [0.29, 0.717) is 15.6 Å². The summed E-state index contributed by atoms with van der Waals surface area (Å²) in [5.41, 5.74) is 0.670. The molecule has 1 aromatic rings. The first-order chi connectivity index (χ1) is 9.85. The molecule has 0 radical (unpaired) electrons. The van der Waals surface area contributed by atoms with Crippen LogP contribution in [0.3, 0.4) is 0 Å². The Kier molecular flexibility index (Phi) is 3.94. The Balaban J connectivity index is 1.83. The Morgan fingerprint density at radius 1 is 1.38 bits per heavy atom. The van der Waals surface area contributed by atoms with Gasteiger partial charge >= 0.3 is 0 Å². The van der Waals surface area contributed by atoms with E-state index < -0.39 is 9.84 Å². The molecule has 9 heteroatoms. The van der Waals surface area contributed by atoms with Crippen molar-refractivity contribution in [3.05, 3.63) is 33.8 Å². The van der Waals surface area contributed by atoms with Crippen molar-refractivity contribution in [2.24, 2.45) is 5.10 Å². The number of amidine groups is 1. The van der Waals surface area contributed by atoms with E-state index in [-0.39, 0.29) is 28.0 Å². The van der Waals surface area contributed by atoms with Crippen LogP contribution >= 0.6 is 35.0 Å². The molecular weight excluding hydrogens is 353 g/mol. The number of nitrogens with zero attached hydrogens (tertiary/aromatic N) is 2. The molecule has 2 heterocycles. The summed E-state index contributed by atoms with van der Waals surface area (Å²) in [6, 6.07) is 4.76. The quantitative estimate of drug-likeness (QED) is 0.819. The minimum absolute atomic E-state index is 0.0404. The van der Waals surface area contributed by atoms with Gasteiger partial charge in [-0.1, -0.05) is 41.0 Å². The Morgan fingerprint density at radius 2 is 2.14 bits per heavy atom. The van der Waals surface area contributed by atoms with Crippen LogP contribution in [0.5, 0.6) is 0 Å². The Morgan fingerprint density at radius 3 is 2.86 bits per heavy atom. The third-order valence-corrected chi connectivity index (χ3v) is 7.02. The molecule has 1 aromatic carbocycles. The fourth-order valence-corrected chi connectivity index (χ4v) is 6.53. The number of halogens is 2. The van der Waals surface area contributed by atoms with E-state index >= 15 is 0 Å². The van der Waals surface area contributed by atoms with Crippen molar-refractivity contribution in [3.63, 3.8) is 0 Å². The molecule has 0 aliphatic carbocycles. The molecule has 1 N–H and O–H groups in total. The number of hydrogen-bond donors (Lipinski definition) is 1. The molecule has 5 nitrogen and oxygen atoms in total. The SMILES string of the molecule is N=C1S[C@H]2CS(=O)(=O)C[C@H]2N1/N=C\c1ccc(Cl)cc1Cl. The zero-order valence-corrected chi connectivity index (χ0v) is 13.8. The molecule has 3 rings (SSSR count). The maximum absolute atomic E-state index is 11.7. The van der Waals surface area contributed by atoms with Crippen molar-refractivity contribution >= 4 is 56.2 Å². The summed E-state index contributed by atoms with van der Waals surface area (Å²) in [6.07, 6.45) is 1.53. The van der Waals surface area contributed by atoms with Crippen molar-refractivity contribution in [2.45, 2.75) is 11.3 Å². The molecule has 2 fully saturated rings. The van der Waals surface area contributed by atoms with Gasteiger partial charge in [0.1, 0.15) is 0 Å². The van der Waals surface area contributed by atoms with Gasteiger partial charge in [0, 0.05) is 15.8 Å². The smallest absolute Gasteiger partial charge is 0.177 e. The van der Waals surface area contributed by atoms with Gasteiger partial charge in [-0.05, 0) is 12.1 Å². The molecule has 2 aliphatic rings. The fraction of sp³-hybridized carbons (Fsp3) is 0.333. The maximum Gasteiger partial charge on any atom is 0.177 e. The Hall–Kier alpha value is -0.760. The summed E-state index contributed by atoms with van der Waals surface area (Å²) in [4.78, 5) is 0. The second kappa shape index (κ2) is 5.46. The van der Waals surface area contributed by atoms with Crippen molar-refractivity contribution in [2.75, 3.05) is 11.5 Å². The summed E-state index contributed by atoms with van der Waals surface area (Å²) in [5, 5.41) is 14.8. The third-order valence-electron chi connectivity index (χ3n) is 3.34. The number of thioether (sulfide) groups is 1. The predicted octanol–water partition coefficient (Wildman–Crippen LogP) is 2.48. The van der Waals surface area contributed by atoms with Crippen LogP contribution in [0.4, 0.5) is 0 Å². The lowest BCUT2D eigenvalue weighted by Crippen LogP contribution is -2.32. The Labute approximate surface area is 136 Å². The lowest BCUT2D eigenvalue weighted by molar-refractivity contribution is 0.376. The van der Waals surface area contributed by atoms with E-state index in [1.165, 1.54) is 23.0 Å². The van der Waals surface area contributed by atoms with Crippen LogP contribution in [-0.4, -0.2) is 47.6 Å². The average Bonchev–Trinajstić information content (AvgIpc) is 2.80. The van der Waals surface area contributed by atoms with Gasteiger partial charge in [0.15, 0.2) is 15.0 Å². The topological polar surface area (TPSA) is 73.6 Å². The van der Waals surface area contributed by atoms with Crippen LogP contribution in [0, 0.1) is 5.41 Å². The number of hydrazone groups is 1. The highest BCUT2D eigenvalue weighted by atomic mass is 35.5. The van der Waals surface area contributed by atoms with Gasteiger partial charge in [0.25, 0.3) is 0 Å². The van der Waals surface area contributed by atoms with Crippen molar-refractivity contribution < 1.29 is 8.42 Å². The molecule has 0 spiro atoms. The second-order valence-electron chi connectivity index (χ2n) is 4.86. The molecule has 0 unspecified atom stereocenters. The van der Waals surface area contributed by atoms with Gasteiger partial charge in [-0.3, -0.25) is 5.41 Å². The van der Waals surface area contributed by atoms with Gasteiger partial charge in [0.05, 0.1) is 28.8 Å². The normalized spacial score (nSPS) is 27.5. The number of nitrogens with one attached hydrogen (secondary N) is 1. The number of benzene rings is 1. The average molecular weight is 364 g/mol. The molecule has 0 aromatic heterocycles. The minimum Gasteiger partial charge on any atom is -0.277 e. The van der Waals surface area contributed by atoms with E-state index in [1.807, 2.05) is 0 Å². The maximum atomic E-state index is 11.7. The van der Waals surface area contributed by atoms with Crippen molar-refractivity contribution in [1.29, 1.82) is 5.41 Å². The lowest BCUT2D eigenvalue weighted by Gasteiger charge is -2.17. The van der Waals surface area contributed by atoms with Gasteiger partial charge < -0.3 is 0 Å². The number of fused-ring (bicyclic) bond motifs is 1. The lowest BCUT2D eigenvalue weighted by atomic mass is 10.2. The van der Waals surface area contributed by atoms with Crippen LogP contribution in [0.2, 0.25) is 10.0 Å². The van der Waals surface area contributed by atoms with E-state index in [0.717, 1.165) is 0 Å². The summed E-state index contributed by atoms with van der Waals surface area (Å²) in [7, 11) is -3.04. The van der Waals surface area contributed by atoms with Crippen LogP contribution < -0.4 is 0 Å². The molecule has 2 atom stereocenters. The zero-order valence-electron chi connectivity index (χ0n) is 10.7. The molecule has 0 amide bonds. The standard InChI is InChI=1S/C12H11Cl2N3O2S2/c13-8-2-1-7(9(14)3-8)4-16-17-10-5-21(18,19)6-11(10)20-12(17)15/h1-4,10-11,15H,5-6H2/b15-12?,16-4-/t10-,11+/m1/s1. The molecule has 112 valence electrons. The second-order valence-corrected chi connectivity index (χ2v) is 9.09. The summed E-state index contributed by atoms with van der Waals surface area (Å²) < 4.78 is 23.3. The van der Waals surface area contributed by atoms with Gasteiger partial charge in [-0.2, -0.15) is 5.10 Å². The minimum atomic E-state index is -3.04. The molecule has 0 saturated carbocycles. The summed E-state index contributed by atoms with van der Waals surface area (Å²) in [6.45, 7) is 0. The summed E-state index contributed by atoms with van der Waals surface area (Å²) in [5.74, 6) is 0.150. The highest BCUT2D eigenvalue weighted by molar-refractivity contribution is 8.15. The molecule has 21 heavy (non-hydrogen) atoms. The van der Waals surface area contributed by atoms with Crippen LogP contribution in [0.1, 0.15) is 5.56 Å². The largest absolute Gasteiger partial charge is 0.277 e. The van der Waals surface area contributed by atoms with E-state index in [2.05, 4.69) is 5.10 Å². The Bertz CT molecular complexity index is 736.